The van der Waals surface area contributed by atoms with Crippen molar-refractivity contribution in [2.24, 2.45) is 0 Å². The number of rotatable bonds is 2. The molecule has 0 heterocycles. The summed E-state index contributed by atoms with van der Waals surface area (Å²) in [5, 5.41) is 0.713. The van der Waals surface area contributed by atoms with E-state index in [1.807, 2.05) is 0 Å². The number of hydrogen-bond acceptors (Lipinski definition) is 0. The van der Waals surface area contributed by atoms with Gasteiger partial charge < -0.3 is 0 Å². The predicted molar refractivity (Wildman–Crippen MR) is 47.8 cm³/mol. The van der Waals surface area contributed by atoms with Gasteiger partial charge in [-0.05, 0) is 5.04 Å². The zero-order valence-electron chi connectivity index (χ0n) is 6.62. The molecule has 0 aliphatic carbocycles. The zero-order chi connectivity index (χ0) is 6.62. The predicted octanol–water partition coefficient (Wildman–Crippen LogP) is 0.576. The third-order valence-corrected chi connectivity index (χ3v) is 5.96. The third kappa shape index (κ3) is 6.43. The fraction of sp³-hybridized carbons (Fsp3) is 1.00. The lowest BCUT2D eigenvalue weighted by molar-refractivity contribution is 0.750. The molecular weight excluding hydrogens is 128 g/mol. The second kappa shape index (κ2) is 3.46. The van der Waals surface area contributed by atoms with Gasteiger partial charge in [-0.25, -0.2) is 0 Å². The average Bonchev–Trinajstić information content (AvgIpc) is 1.59. The van der Waals surface area contributed by atoms with Gasteiger partial charge in [0.1, 0.15) is 0 Å². The summed E-state index contributed by atoms with van der Waals surface area (Å²) in [4.78, 5) is 0. The molecule has 0 aromatic carbocycles. The summed E-state index contributed by atoms with van der Waals surface area (Å²) in [5.74, 6) is 0. The summed E-state index contributed by atoms with van der Waals surface area (Å²) in [7, 11) is 1.70. The van der Waals surface area contributed by atoms with Crippen LogP contribution < -0.4 is 0 Å². The Labute approximate surface area is 58.3 Å². The van der Waals surface area contributed by atoms with E-state index in [1.54, 1.807) is 6.04 Å². The van der Waals surface area contributed by atoms with Gasteiger partial charge in [0.2, 0.25) is 0 Å². The lowest BCUT2D eigenvalue weighted by Gasteiger charge is -2.15. The first-order valence-corrected chi connectivity index (χ1v) is 6.68. The Morgan fingerprint density at radius 3 is 2.00 bits per heavy atom. The molecular formula is C6H18Si2. The normalized spacial score (nSPS) is 13.9. The molecule has 0 amide bonds. The standard InChI is InChI=1S/C6H18Si2/c1-6(2,3)8-5-4-7/h4-5,8H2,1-3,7H3. The minimum Gasteiger partial charge on any atom is -0.0686 e. The van der Waals surface area contributed by atoms with E-state index in [4.69, 9.17) is 0 Å². The van der Waals surface area contributed by atoms with Crippen molar-refractivity contribution in [3.63, 3.8) is 0 Å². The van der Waals surface area contributed by atoms with E-state index in [1.165, 1.54) is 16.3 Å². The lowest BCUT2D eigenvalue weighted by atomic mass is 10.3. The first kappa shape index (κ1) is 8.43. The summed E-state index contributed by atoms with van der Waals surface area (Å²) in [6.45, 7) is 7.11. The largest absolute Gasteiger partial charge is 0.0686 e. The highest BCUT2D eigenvalue weighted by Gasteiger charge is 2.08. The molecule has 0 atom stereocenters. The maximum Gasteiger partial charge on any atom is 0.0257 e. The summed E-state index contributed by atoms with van der Waals surface area (Å²) in [6.07, 6.45) is 0. The highest BCUT2D eigenvalue weighted by molar-refractivity contribution is 6.40. The maximum atomic E-state index is 2.37. The first-order valence-electron chi connectivity index (χ1n) is 3.56. The lowest BCUT2D eigenvalue weighted by Crippen LogP contribution is -2.06. The highest BCUT2D eigenvalue weighted by atomic mass is 28.2. The Morgan fingerprint density at radius 2 is 1.88 bits per heavy atom. The van der Waals surface area contributed by atoms with Crippen molar-refractivity contribution in [3.8, 4) is 0 Å². The summed E-state index contributed by atoms with van der Waals surface area (Å²) >= 11 is 0. The summed E-state index contributed by atoms with van der Waals surface area (Å²) < 4.78 is 0. The smallest absolute Gasteiger partial charge is 0.0257 e. The topological polar surface area (TPSA) is 0 Å². The van der Waals surface area contributed by atoms with Gasteiger partial charge >= 0.3 is 0 Å². The molecule has 50 valence electrons. The van der Waals surface area contributed by atoms with E-state index in [0.717, 1.165) is 0 Å². The molecule has 0 bridgehead atoms. The molecule has 0 aliphatic rings. The van der Waals surface area contributed by atoms with Crippen LogP contribution in [0, 0.1) is 0 Å². The molecule has 2 heteroatoms. The van der Waals surface area contributed by atoms with Crippen LogP contribution in [0.5, 0.6) is 0 Å². The van der Waals surface area contributed by atoms with Crippen LogP contribution in [0.25, 0.3) is 0 Å². The van der Waals surface area contributed by atoms with Gasteiger partial charge in [-0.15, -0.1) is 0 Å². The average molecular weight is 146 g/mol. The maximum absolute atomic E-state index is 2.37. The van der Waals surface area contributed by atoms with Crippen LogP contribution in [0.2, 0.25) is 17.1 Å². The van der Waals surface area contributed by atoms with Crippen LogP contribution in [-0.2, 0) is 0 Å². The Bertz CT molecular complexity index is 54.0. The van der Waals surface area contributed by atoms with E-state index in [9.17, 15) is 0 Å². The van der Waals surface area contributed by atoms with Crippen molar-refractivity contribution in [1.29, 1.82) is 0 Å². The van der Waals surface area contributed by atoms with Gasteiger partial charge in [0, 0.05) is 19.8 Å². The van der Waals surface area contributed by atoms with Gasteiger partial charge in [0.15, 0.2) is 0 Å². The minimum atomic E-state index is 0.284. The van der Waals surface area contributed by atoms with Crippen LogP contribution in [0.1, 0.15) is 20.8 Å². The minimum absolute atomic E-state index is 0.284. The van der Waals surface area contributed by atoms with Crippen molar-refractivity contribution in [3.05, 3.63) is 0 Å². The monoisotopic (exact) mass is 146 g/mol. The number of hydrogen-bond donors (Lipinski definition) is 0. The molecule has 0 saturated heterocycles. The summed E-state index contributed by atoms with van der Waals surface area (Å²) in [5.41, 5.74) is 0. The second-order valence-electron chi connectivity index (χ2n) is 3.66. The first-order chi connectivity index (χ1) is 3.56. The van der Waals surface area contributed by atoms with Crippen molar-refractivity contribution in [2.45, 2.75) is 37.9 Å². The van der Waals surface area contributed by atoms with E-state index in [0.29, 0.717) is 5.04 Å². The van der Waals surface area contributed by atoms with Gasteiger partial charge in [-0.3, -0.25) is 0 Å². The van der Waals surface area contributed by atoms with E-state index in [-0.39, 0.29) is 9.52 Å². The Kier molecular flexibility index (Phi) is 3.65. The van der Waals surface area contributed by atoms with Gasteiger partial charge in [0.25, 0.3) is 0 Å². The molecule has 0 rings (SSSR count). The molecule has 0 fully saturated rings. The Balaban J connectivity index is 3.11. The van der Waals surface area contributed by atoms with Crippen LogP contribution in [0.4, 0.5) is 0 Å². The van der Waals surface area contributed by atoms with E-state index in [2.05, 4.69) is 20.8 Å². The van der Waals surface area contributed by atoms with Crippen LogP contribution >= 0.6 is 0 Å². The SMILES string of the molecule is CC(C)(C)[SiH2]CC[SiH3]. The Morgan fingerprint density at radius 1 is 1.38 bits per heavy atom. The quantitative estimate of drug-likeness (QED) is 0.500. The molecule has 0 radical (unpaired) electrons. The second-order valence-corrected chi connectivity index (χ2v) is 7.99. The van der Waals surface area contributed by atoms with Crippen LogP contribution in [0.15, 0.2) is 0 Å². The molecule has 8 heavy (non-hydrogen) atoms. The van der Waals surface area contributed by atoms with Crippen LogP contribution in [-0.4, -0.2) is 19.8 Å². The van der Waals surface area contributed by atoms with E-state index < -0.39 is 0 Å². The third-order valence-electron chi connectivity index (χ3n) is 1.28. The Hall–Kier alpha value is 0.434. The molecule has 0 unspecified atom stereocenters. The molecule has 0 saturated carbocycles. The van der Waals surface area contributed by atoms with Crippen molar-refractivity contribution >= 4 is 19.8 Å². The van der Waals surface area contributed by atoms with Gasteiger partial charge in [-0.2, -0.15) is 0 Å². The molecule has 0 aliphatic heterocycles. The van der Waals surface area contributed by atoms with Crippen LogP contribution in [0.3, 0.4) is 0 Å². The van der Waals surface area contributed by atoms with E-state index >= 15 is 0 Å². The molecule has 0 nitrogen and oxygen atoms in total. The molecule has 0 spiro atoms. The molecule has 0 aromatic heterocycles. The van der Waals surface area contributed by atoms with Crippen molar-refractivity contribution in [2.75, 3.05) is 0 Å². The fourth-order valence-electron chi connectivity index (χ4n) is 0.707. The molecule has 0 N–H and O–H groups in total. The highest BCUT2D eigenvalue weighted by Crippen LogP contribution is 2.21. The fourth-order valence-corrected chi connectivity index (χ4v) is 3.18. The van der Waals surface area contributed by atoms with Crippen molar-refractivity contribution in [1.82, 2.24) is 0 Å². The van der Waals surface area contributed by atoms with Gasteiger partial charge in [-0.1, -0.05) is 32.9 Å². The van der Waals surface area contributed by atoms with Crippen molar-refractivity contribution < 1.29 is 0 Å². The zero-order valence-corrected chi connectivity index (χ0v) is 10.0. The summed E-state index contributed by atoms with van der Waals surface area (Å²) in [6, 6.07) is 3.11. The molecule has 0 aromatic rings. The van der Waals surface area contributed by atoms with Gasteiger partial charge in [0.05, 0.1) is 0 Å².